The fourth-order valence-electron chi connectivity index (χ4n) is 2.76. The first-order valence-corrected chi connectivity index (χ1v) is 9.20. The highest BCUT2D eigenvalue weighted by atomic mass is 32.1. The Morgan fingerprint density at radius 2 is 2.15 bits per heavy atom. The number of likely N-dealkylation sites (N-methyl/N-ethyl adjacent to an activating group) is 1. The van der Waals surface area contributed by atoms with Crippen molar-refractivity contribution in [3.8, 4) is 11.3 Å². The van der Waals surface area contributed by atoms with Crippen LogP contribution in [0.1, 0.15) is 17.8 Å². The molecule has 0 aliphatic carbocycles. The average Bonchev–Trinajstić information content (AvgIpc) is 3.13. The number of carbonyl (C=O) groups excluding carboxylic acids is 3. The summed E-state index contributed by atoms with van der Waals surface area (Å²) in [4.78, 5) is 42.6. The van der Waals surface area contributed by atoms with E-state index in [1.54, 1.807) is 18.4 Å². The topological polar surface area (TPSA) is 82.6 Å². The third-order valence-electron chi connectivity index (χ3n) is 4.08. The predicted octanol–water partition coefficient (Wildman–Crippen LogP) is 2.73. The van der Waals surface area contributed by atoms with Gasteiger partial charge in [0, 0.05) is 36.6 Å². The summed E-state index contributed by atoms with van der Waals surface area (Å²) in [7, 11) is 1.59. The van der Waals surface area contributed by atoms with E-state index in [1.807, 2.05) is 36.6 Å². The second kappa shape index (κ2) is 7.65. The lowest BCUT2D eigenvalue weighted by atomic mass is 10.1. The maximum Gasteiger partial charge on any atom is 0.326 e. The Hall–Kier alpha value is -2.74. The average molecular weight is 372 g/mol. The molecule has 0 saturated carbocycles. The molecule has 2 heterocycles. The minimum atomic E-state index is -0.304. The number of carbonyl (C=O) groups is 3. The van der Waals surface area contributed by atoms with Crippen molar-refractivity contribution in [2.75, 3.05) is 25.5 Å². The van der Waals surface area contributed by atoms with Crippen LogP contribution in [-0.4, -0.2) is 52.8 Å². The maximum atomic E-state index is 12.1. The van der Waals surface area contributed by atoms with E-state index < -0.39 is 0 Å². The van der Waals surface area contributed by atoms with Gasteiger partial charge in [-0.1, -0.05) is 12.1 Å². The number of thiazole rings is 1. The molecule has 3 rings (SSSR count). The van der Waals surface area contributed by atoms with Gasteiger partial charge in [-0.25, -0.2) is 9.78 Å². The SMILES string of the molecule is Cc1nc(-c2cccc(NC(=O)CCCN3C(=O)CN(C)C3=O)c2)cs1. The summed E-state index contributed by atoms with van der Waals surface area (Å²) in [5.74, 6) is -0.367. The Morgan fingerprint density at radius 3 is 2.81 bits per heavy atom. The third kappa shape index (κ3) is 4.08. The number of rotatable bonds is 6. The van der Waals surface area contributed by atoms with E-state index in [0.29, 0.717) is 12.1 Å². The number of aryl methyl sites for hydroxylation is 1. The van der Waals surface area contributed by atoms with Gasteiger partial charge in [-0.15, -0.1) is 11.3 Å². The summed E-state index contributed by atoms with van der Waals surface area (Å²) in [5.41, 5.74) is 2.54. The molecule has 0 spiro atoms. The summed E-state index contributed by atoms with van der Waals surface area (Å²) in [6.07, 6.45) is 0.670. The molecular formula is C18H20N4O3S. The number of nitrogens with one attached hydrogen (secondary N) is 1. The van der Waals surface area contributed by atoms with E-state index >= 15 is 0 Å². The fraction of sp³-hybridized carbons (Fsp3) is 0.333. The van der Waals surface area contributed by atoms with Gasteiger partial charge in [0.1, 0.15) is 6.54 Å². The molecule has 0 atom stereocenters. The van der Waals surface area contributed by atoms with Gasteiger partial charge < -0.3 is 10.2 Å². The number of urea groups is 1. The van der Waals surface area contributed by atoms with Crippen LogP contribution in [0.4, 0.5) is 10.5 Å². The Labute approximate surface area is 155 Å². The van der Waals surface area contributed by atoms with Crippen LogP contribution < -0.4 is 5.32 Å². The summed E-state index contributed by atoms with van der Waals surface area (Å²) < 4.78 is 0. The molecule has 1 fully saturated rings. The zero-order valence-corrected chi connectivity index (χ0v) is 15.5. The van der Waals surface area contributed by atoms with Gasteiger partial charge in [0.05, 0.1) is 10.7 Å². The molecule has 1 aromatic carbocycles. The first kappa shape index (κ1) is 18.1. The summed E-state index contributed by atoms with van der Waals surface area (Å²) in [6.45, 7) is 2.31. The van der Waals surface area contributed by atoms with Gasteiger partial charge in [0.2, 0.25) is 11.8 Å². The first-order chi connectivity index (χ1) is 12.4. The van der Waals surface area contributed by atoms with Crippen molar-refractivity contribution in [3.05, 3.63) is 34.7 Å². The molecule has 1 N–H and O–H groups in total. The minimum Gasteiger partial charge on any atom is -0.326 e. The van der Waals surface area contributed by atoms with Gasteiger partial charge in [-0.2, -0.15) is 0 Å². The molecule has 1 aliphatic heterocycles. The quantitative estimate of drug-likeness (QED) is 0.791. The Bertz CT molecular complexity index is 848. The van der Waals surface area contributed by atoms with E-state index in [2.05, 4.69) is 10.3 Å². The van der Waals surface area contributed by atoms with Crippen molar-refractivity contribution in [1.29, 1.82) is 0 Å². The number of anilines is 1. The van der Waals surface area contributed by atoms with Crippen LogP contribution in [0.3, 0.4) is 0 Å². The summed E-state index contributed by atoms with van der Waals surface area (Å²) in [5, 5.41) is 5.83. The first-order valence-electron chi connectivity index (χ1n) is 8.32. The highest BCUT2D eigenvalue weighted by Gasteiger charge is 2.32. The van der Waals surface area contributed by atoms with E-state index in [4.69, 9.17) is 0 Å². The maximum absolute atomic E-state index is 12.1. The lowest BCUT2D eigenvalue weighted by Crippen LogP contribution is -2.32. The molecule has 1 saturated heterocycles. The zero-order valence-electron chi connectivity index (χ0n) is 14.7. The number of amides is 4. The normalized spacial score (nSPS) is 14.2. The second-order valence-electron chi connectivity index (χ2n) is 6.17. The summed E-state index contributed by atoms with van der Waals surface area (Å²) >= 11 is 1.58. The van der Waals surface area contributed by atoms with Crippen LogP contribution in [-0.2, 0) is 9.59 Å². The monoisotopic (exact) mass is 372 g/mol. The number of hydrogen-bond donors (Lipinski definition) is 1. The molecular weight excluding hydrogens is 352 g/mol. The number of aromatic nitrogens is 1. The van der Waals surface area contributed by atoms with Crippen LogP contribution in [0.15, 0.2) is 29.6 Å². The Kier molecular flexibility index (Phi) is 5.32. The minimum absolute atomic E-state index is 0.105. The molecule has 1 aliphatic rings. The standard InChI is InChI=1S/C18H20N4O3S/c1-12-19-15(11-26-12)13-5-3-6-14(9-13)20-16(23)7-4-8-22-17(24)10-21(2)18(22)25/h3,5-6,9,11H,4,7-8,10H2,1-2H3,(H,20,23). The van der Waals surface area contributed by atoms with Crippen molar-refractivity contribution < 1.29 is 14.4 Å². The van der Waals surface area contributed by atoms with Crippen molar-refractivity contribution in [3.63, 3.8) is 0 Å². The predicted molar refractivity (Wildman–Crippen MR) is 99.9 cm³/mol. The molecule has 4 amide bonds. The molecule has 2 aromatic rings. The van der Waals surface area contributed by atoms with Gasteiger partial charge in [0.25, 0.3) is 0 Å². The van der Waals surface area contributed by atoms with Crippen molar-refractivity contribution in [2.24, 2.45) is 0 Å². The molecule has 7 nitrogen and oxygen atoms in total. The van der Waals surface area contributed by atoms with Crippen molar-refractivity contribution in [1.82, 2.24) is 14.8 Å². The lowest BCUT2D eigenvalue weighted by molar-refractivity contribution is -0.125. The number of hydrogen-bond acceptors (Lipinski definition) is 5. The third-order valence-corrected chi connectivity index (χ3v) is 4.85. The number of nitrogens with zero attached hydrogens (tertiary/aromatic N) is 3. The van der Waals surface area contributed by atoms with E-state index in [0.717, 1.165) is 16.3 Å². The van der Waals surface area contributed by atoms with E-state index in [-0.39, 0.29) is 37.4 Å². The zero-order chi connectivity index (χ0) is 18.7. The number of imide groups is 1. The highest BCUT2D eigenvalue weighted by molar-refractivity contribution is 7.09. The van der Waals surface area contributed by atoms with Gasteiger partial charge >= 0.3 is 6.03 Å². The molecule has 26 heavy (non-hydrogen) atoms. The number of benzene rings is 1. The molecule has 136 valence electrons. The van der Waals surface area contributed by atoms with Crippen LogP contribution in [0.5, 0.6) is 0 Å². The largest absolute Gasteiger partial charge is 0.326 e. The van der Waals surface area contributed by atoms with Crippen LogP contribution in [0, 0.1) is 6.92 Å². The van der Waals surface area contributed by atoms with Crippen molar-refractivity contribution in [2.45, 2.75) is 19.8 Å². The highest BCUT2D eigenvalue weighted by Crippen LogP contribution is 2.24. The van der Waals surface area contributed by atoms with Crippen molar-refractivity contribution >= 4 is 34.9 Å². The van der Waals surface area contributed by atoms with Gasteiger partial charge in [-0.05, 0) is 25.5 Å². The Morgan fingerprint density at radius 1 is 1.35 bits per heavy atom. The summed E-state index contributed by atoms with van der Waals surface area (Å²) in [6, 6.07) is 7.22. The molecule has 8 heteroatoms. The fourth-order valence-corrected chi connectivity index (χ4v) is 3.38. The van der Waals surface area contributed by atoms with Gasteiger partial charge in [0.15, 0.2) is 0 Å². The molecule has 0 unspecified atom stereocenters. The molecule has 0 bridgehead atoms. The Balaban J connectivity index is 1.52. The van der Waals surface area contributed by atoms with E-state index in [1.165, 1.54) is 9.80 Å². The lowest BCUT2D eigenvalue weighted by Gasteiger charge is -2.13. The molecule has 1 aromatic heterocycles. The second-order valence-corrected chi connectivity index (χ2v) is 7.23. The van der Waals surface area contributed by atoms with Crippen LogP contribution in [0.25, 0.3) is 11.3 Å². The van der Waals surface area contributed by atoms with Crippen LogP contribution in [0.2, 0.25) is 0 Å². The smallest absolute Gasteiger partial charge is 0.326 e. The van der Waals surface area contributed by atoms with E-state index in [9.17, 15) is 14.4 Å². The van der Waals surface area contributed by atoms with Crippen LogP contribution >= 0.6 is 11.3 Å². The van der Waals surface area contributed by atoms with Gasteiger partial charge in [-0.3, -0.25) is 14.5 Å². The molecule has 0 radical (unpaired) electrons.